The van der Waals surface area contributed by atoms with Crippen molar-refractivity contribution in [2.75, 3.05) is 6.54 Å². The van der Waals surface area contributed by atoms with Crippen LogP contribution in [-0.4, -0.2) is 23.5 Å². The molecule has 2 saturated heterocycles. The molecule has 0 N–H and O–H groups in total. The van der Waals surface area contributed by atoms with E-state index in [0.29, 0.717) is 0 Å². The number of nitrogens with zero attached hydrogens (tertiary/aromatic N) is 1. The first-order valence-corrected chi connectivity index (χ1v) is 5.67. The van der Waals surface area contributed by atoms with Crippen molar-refractivity contribution in [2.24, 2.45) is 0 Å². The lowest BCUT2D eigenvalue weighted by molar-refractivity contribution is 0.0506. The van der Waals surface area contributed by atoms with E-state index < -0.39 is 0 Å². The second-order valence-corrected chi connectivity index (χ2v) is 4.38. The molecule has 0 aromatic heterocycles. The Kier molecular flexibility index (Phi) is 2.69. The standard InChI is InChI=1S/C11H21N/c1-2-10-7-5-8-11-6-3-4-9-12(10)11/h10-11H,2-9H2,1H3. The summed E-state index contributed by atoms with van der Waals surface area (Å²) in [5, 5.41) is 0. The van der Waals surface area contributed by atoms with E-state index in [9.17, 15) is 0 Å². The lowest BCUT2D eigenvalue weighted by atomic mass is 9.88. The van der Waals surface area contributed by atoms with Crippen LogP contribution in [0, 0.1) is 0 Å². The Morgan fingerprint density at radius 2 is 1.92 bits per heavy atom. The summed E-state index contributed by atoms with van der Waals surface area (Å²) in [5.74, 6) is 0. The highest BCUT2D eigenvalue weighted by molar-refractivity contribution is 4.86. The fourth-order valence-corrected chi connectivity index (χ4v) is 3.01. The molecule has 2 aliphatic rings. The number of piperidine rings is 2. The Hall–Kier alpha value is -0.0400. The van der Waals surface area contributed by atoms with Crippen LogP contribution in [0.25, 0.3) is 0 Å². The Labute approximate surface area is 76.1 Å². The number of rotatable bonds is 1. The molecule has 12 heavy (non-hydrogen) atoms. The molecule has 0 aromatic rings. The lowest BCUT2D eigenvalue weighted by Gasteiger charge is -2.44. The topological polar surface area (TPSA) is 3.24 Å². The largest absolute Gasteiger partial charge is 0.297 e. The molecule has 1 heteroatoms. The average Bonchev–Trinajstić information content (AvgIpc) is 2.17. The molecule has 2 heterocycles. The van der Waals surface area contributed by atoms with Gasteiger partial charge in [0.1, 0.15) is 0 Å². The molecule has 0 bridgehead atoms. The maximum absolute atomic E-state index is 2.80. The van der Waals surface area contributed by atoms with Crippen LogP contribution in [0.4, 0.5) is 0 Å². The number of hydrogen-bond acceptors (Lipinski definition) is 1. The van der Waals surface area contributed by atoms with Crippen molar-refractivity contribution in [3.8, 4) is 0 Å². The van der Waals surface area contributed by atoms with Gasteiger partial charge in [0.05, 0.1) is 0 Å². The molecule has 0 saturated carbocycles. The molecule has 2 atom stereocenters. The van der Waals surface area contributed by atoms with Crippen LogP contribution in [-0.2, 0) is 0 Å². The summed E-state index contributed by atoms with van der Waals surface area (Å²) >= 11 is 0. The molecule has 2 fully saturated rings. The van der Waals surface area contributed by atoms with Crippen LogP contribution in [0.2, 0.25) is 0 Å². The van der Waals surface area contributed by atoms with Crippen LogP contribution in [0.3, 0.4) is 0 Å². The van der Waals surface area contributed by atoms with Gasteiger partial charge in [0.25, 0.3) is 0 Å². The minimum atomic E-state index is 0.934. The van der Waals surface area contributed by atoms with Gasteiger partial charge >= 0.3 is 0 Å². The van der Waals surface area contributed by atoms with Gasteiger partial charge in [0, 0.05) is 12.1 Å². The second kappa shape index (κ2) is 3.78. The SMILES string of the molecule is CCC1CCCC2CCCCN12. The van der Waals surface area contributed by atoms with Crippen molar-refractivity contribution in [1.82, 2.24) is 4.90 Å². The molecule has 0 amide bonds. The van der Waals surface area contributed by atoms with E-state index in [2.05, 4.69) is 11.8 Å². The van der Waals surface area contributed by atoms with Gasteiger partial charge in [-0.15, -0.1) is 0 Å². The fraction of sp³-hybridized carbons (Fsp3) is 1.00. The van der Waals surface area contributed by atoms with Gasteiger partial charge in [-0.25, -0.2) is 0 Å². The summed E-state index contributed by atoms with van der Waals surface area (Å²) in [6, 6.07) is 1.90. The van der Waals surface area contributed by atoms with Gasteiger partial charge in [-0.3, -0.25) is 4.90 Å². The van der Waals surface area contributed by atoms with Crippen LogP contribution < -0.4 is 0 Å². The highest BCUT2D eigenvalue weighted by atomic mass is 15.2. The first-order valence-electron chi connectivity index (χ1n) is 5.67. The molecule has 0 radical (unpaired) electrons. The molecule has 2 rings (SSSR count). The van der Waals surface area contributed by atoms with Crippen molar-refractivity contribution in [3.05, 3.63) is 0 Å². The van der Waals surface area contributed by atoms with E-state index in [4.69, 9.17) is 0 Å². The summed E-state index contributed by atoms with van der Waals surface area (Å²) in [4.78, 5) is 2.80. The van der Waals surface area contributed by atoms with E-state index >= 15 is 0 Å². The van der Waals surface area contributed by atoms with Gasteiger partial charge in [0.15, 0.2) is 0 Å². The van der Waals surface area contributed by atoms with Gasteiger partial charge in [0.2, 0.25) is 0 Å². The third-order valence-electron chi connectivity index (χ3n) is 3.69. The van der Waals surface area contributed by atoms with Crippen molar-refractivity contribution in [1.29, 1.82) is 0 Å². The summed E-state index contributed by atoms with van der Waals surface area (Å²) in [5.41, 5.74) is 0. The van der Waals surface area contributed by atoms with Crippen molar-refractivity contribution in [3.63, 3.8) is 0 Å². The predicted molar refractivity (Wildman–Crippen MR) is 52.3 cm³/mol. The summed E-state index contributed by atoms with van der Waals surface area (Å²) in [6.45, 7) is 3.74. The Morgan fingerprint density at radius 1 is 1.08 bits per heavy atom. The third-order valence-corrected chi connectivity index (χ3v) is 3.69. The van der Waals surface area contributed by atoms with E-state index in [1.165, 1.54) is 51.5 Å². The maximum atomic E-state index is 2.80. The quantitative estimate of drug-likeness (QED) is 0.580. The summed E-state index contributed by atoms with van der Waals surface area (Å²) in [7, 11) is 0. The van der Waals surface area contributed by atoms with Crippen molar-refractivity contribution < 1.29 is 0 Å². The van der Waals surface area contributed by atoms with Gasteiger partial charge in [-0.05, 0) is 38.6 Å². The van der Waals surface area contributed by atoms with E-state index in [1.54, 1.807) is 0 Å². The summed E-state index contributed by atoms with van der Waals surface area (Å²) in [6.07, 6.45) is 10.2. The van der Waals surface area contributed by atoms with Crippen molar-refractivity contribution in [2.45, 2.75) is 64.0 Å². The molecule has 0 spiro atoms. The van der Waals surface area contributed by atoms with Crippen LogP contribution in [0.1, 0.15) is 51.9 Å². The predicted octanol–water partition coefficient (Wildman–Crippen LogP) is 2.80. The number of fused-ring (bicyclic) bond motifs is 1. The van der Waals surface area contributed by atoms with Crippen LogP contribution >= 0.6 is 0 Å². The molecule has 0 aromatic carbocycles. The smallest absolute Gasteiger partial charge is 0.00982 e. The van der Waals surface area contributed by atoms with Gasteiger partial charge < -0.3 is 0 Å². The number of hydrogen-bond donors (Lipinski definition) is 0. The van der Waals surface area contributed by atoms with Crippen LogP contribution in [0.15, 0.2) is 0 Å². The summed E-state index contributed by atoms with van der Waals surface area (Å²) < 4.78 is 0. The molecule has 2 unspecified atom stereocenters. The zero-order valence-corrected chi connectivity index (χ0v) is 8.26. The monoisotopic (exact) mass is 167 g/mol. The minimum absolute atomic E-state index is 0.934. The van der Waals surface area contributed by atoms with E-state index in [1.807, 2.05) is 0 Å². The molecule has 0 aliphatic carbocycles. The van der Waals surface area contributed by atoms with Crippen LogP contribution in [0.5, 0.6) is 0 Å². The molecular weight excluding hydrogens is 146 g/mol. The molecular formula is C11H21N. The zero-order chi connectivity index (χ0) is 8.39. The second-order valence-electron chi connectivity index (χ2n) is 4.38. The maximum Gasteiger partial charge on any atom is 0.00982 e. The minimum Gasteiger partial charge on any atom is -0.297 e. The zero-order valence-electron chi connectivity index (χ0n) is 8.26. The third kappa shape index (κ3) is 1.52. The fourth-order valence-electron chi connectivity index (χ4n) is 3.01. The normalized spacial score (nSPS) is 37.8. The van der Waals surface area contributed by atoms with Gasteiger partial charge in [-0.1, -0.05) is 19.8 Å². The van der Waals surface area contributed by atoms with Crippen molar-refractivity contribution >= 4 is 0 Å². The first kappa shape index (κ1) is 8.55. The van der Waals surface area contributed by atoms with E-state index in [0.717, 1.165) is 12.1 Å². The lowest BCUT2D eigenvalue weighted by Crippen LogP contribution is -2.48. The first-order chi connectivity index (χ1) is 5.92. The molecule has 70 valence electrons. The van der Waals surface area contributed by atoms with E-state index in [-0.39, 0.29) is 0 Å². The highest BCUT2D eigenvalue weighted by Crippen LogP contribution is 2.30. The Bertz CT molecular complexity index is 135. The average molecular weight is 167 g/mol. The molecule has 1 nitrogen and oxygen atoms in total. The highest BCUT2D eigenvalue weighted by Gasteiger charge is 2.30. The van der Waals surface area contributed by atoms with Gasteiger partial charge in [-0.2, -0.15) is 0 Å². The molecule has 2 aliphatic heterocycles. The Morgan fingerprint density at radius 3 is 2.75 bits per heavy atom. The Balaban J connectivity index is 1.99.